The third-order valence-electron chi connectivity index (χ3n) is 4.25. The van der Waals surface area contributed by atoms with Gasteiger partial charge in [-0.25, -0.2) is 0 Å². The largest absolute Gasteiger partial charge is 0.466 e. The van der Waals surface area contributed by atoms with Crippen LogP contribution in [0.4, 0.5) is 0 Å². The molecule has 0 atom stereocenters. The van der Waals surface area contributed by atoms with Crippen LogP contribution in [0.15, 0.2) is 0 Å². The zero-order chi connectivity index (χ0) is 17.2. The molecule has 1 aliphatic heterocycles. The summed E-state index contributed by atoms with van der Waals surface area (Å²) in [6, 6.07) is 0. The third-order valence-corrected chi connectivity index (χ3v) is 4.25. The smallest absolute Gasteiger partial charge is 0.305 e. The molecule has 1 heterocycles. The second-order valence-electron chi connectivity index (χ2n) is 7.02. The third kappa shape index (κ3) is 19.4. The highest BCUT2D eigenvalue weighted by Gasteiger charge is 2.05. The number of rotatable bonds is 11. The van der Waals surface area contributed by atoms with Crippen LogP contribution in [0.3, 0.4) is 0 Å². The van der Waals surface area contributed by atoms with Gasteiger partial charge in [0.15, 0.2) is 0 Å². The van der Waals surface area contributed by atoms with Gasteiger partial charge in [0.2, 0.25) is 0 Å². The number of nitrogens with zero attached hydrogens (tertiary/aromatic N) is 1. The normalized spacial score (nSPS) is 14.9. The summed E-state index contributed by atoms with van der Waals surface area (Å²) in [5, 5.41) is 0. The molecule has 0 unspecified atom stereocenters. The van der Waals surface area contributed by atoms with E-state index in [2.05, 4.69) is 25.9 Å². The second-order valence-corrected chi connectivity index (χ2v) is 7.02. The van der Waals surface area contributed by atoms with Gasteiger partial charge in [-0.15, -0.1) is 0 Å². The van der Waals surface area contributed by atoms with Crippen LogP contribution >= 0.6 is 0 Å². The molecule has 0 radical (unpaired) electrons. The van der Waals surface area contributed by atoms with E-state index in [0.29, 0.717) is 13.0 Å². The Balaban J connectivity index is 0.000000502. The number of cyclic esters (lactones) is 1. The monoisotopic (exact) mass is 327 g/mol. The lowest BCUT2D eigenvalue weighted by Crippen LogP contribution is -2.12. The molecule has 0 aliphatic carbocycles. The topological polar surface area (TPSA) is 29.5 Å². The molecular weight excluding hydrogens is 286 g/mol. The number of esters is 1. The molecule has 138 valence electrons. The molecule has 23 heavy (non-hydrogen) atoms. The molecular formula is C20H41NO2. The van der Waals surface area contributed by atoms with Crippen molar-refractivity contribution in [2.24, 2.45) is 0 Å². The fourth-order valence-corrected chi connectivity index (χ4v) is 2.72. The van der Waals surface area contributed by atoms with Gasteiger partial charge in [-0.1, -0.05) is 64.7 Å². The van der Waals surface area contributed by atoms with Crippen LogP contribution in [-0.4, -0.2) is 38.1 Å². The van der Waals surface area contributed by atoms with Crippen LogP contribution in [0.1, 0.15) is 96.8 Å². The van der Waals surface area contributed by atoms with Gasteiger partial charge in [0.25, 0.3) is 0 Å². The lowest BCUT2D eigenvalue weighted by Gasteiger charge is -2.08. The van der Waals surface area contributed by atoms with Crippen molar-refractivity contribution in [3.8, 4) is 0 Å². The molecule has 1 fully saturated rings. The van der Waals surface area contributed by atoms with Crippen molar-refractivity contribution in [2.75, 3.05) is 27.2 Å². The van der Waals surface area contributed by atoms with E-state index >= 15 is 0 Å². The van der Waals surface area contributed by atoms with Gasteiger partial charge in [-0.3, -0.25) is 4.79 Å². The van der Waals surface area contributed by atoms with Crippen LogP contribution in [-0.2, 0) is 9.53 Å². The van der Waals surface area contributed by atoms with E-state index < -0.39 is 0 Å². The summed E-state index contributed by atoms with van der Waals surface area (Å²) in [5.41, 5.74) is 0. The maximum absolute atomic E-state index is 10.5. The minimum absolute atomic E-state index is 0.0255. The van der Waals surface area contributed by atoms with E-state index in [1.807, 2.05) is 0 Å². The summed E-state index contributed by atoms with van der Waals surface area (Å²) in [4.78, 5) is 12.7. The van der Waals surface area contributed by atoms with E-state index in [-0.39, 0.29) is 5.97 Å². The Labute approximate surface area is 145 Å². The number of hydrogen-bond donors (Lipinski definition) is 0. The first kappa shape index (κ1) is 22.4. The molecule has 1 rings (SSSR count). The first-order valence-corrected chi connectivity index (χ1v) is 9.97. The zero-order valence-electron chi connectivity index (χ0n) is 16.1. The van der Waals surface area contributed by atoms with E-state index in [4.69, 9.17) is 4.74 Å². The maximum atomic E-state index is 10.5. The summed E-state index contributed by atoms with van der Waals surface area (Å²) in [7, 11) is 4.32. The van der Waals surface area contributed by atoms with E-state index in [1.165, 1.54) is 70.8 Å². The average molecular weight is 328 g/mol. The van der Waals surface area contributed by atoms with E-state index in [9.17, 15) is 4.79 Å². The first-order valence-electron chi connectivity index (χ1n) is 9.97. The Bertz CT molecular complexity index is 244. The lowest BCUT2D eigenvalue weighted by atomic mass is 10.1. The molecule has 0 aromatic carbocycles. The predicted molar refractivity (Wildman–Crippen MR) is 99.8 cm³/mol. The molecule has 1 saturated heterocycles. The molecule has 0 spiro atoms. The summed E-state index contributed by atoms with van der Waals surface area (Å²) in [5.74, 6) is -0.0255. The standard InChI is InChI=1S/C14H31N.C6H10O2/c1-4-5-6-7-8-9-10-11-12-13-14-15(2)3;7-6-4-2-1-3-5-8-6/h4-14H2,1-3H3;1-5H2. The summed E-state index contributed by atoms with van der Waals surface area (Å²) in [6.07, 6.45) is 18.2. The summed E-state index contributed by atoms with van der Waals surface area (Å²) < 4.78 is 4.76. The molecule has 3 heteroatoms. The van der Waals surface area contributed by atoms with Crippen molar-refractivity contribution >= 4 is 5.97 Å². The van der Waals surface area contributed by atoms with Crippen molar-refractivity contribution in [3.05, 3.63) is 0 Å². The number of carbonyl (C=O) groups excluding carboxylic acids is 1. The molecule has 0 bridgehead atoms. The van der Waals surface area contributed by atoms with Crippen molar-refractivity contribution in [1.29, 1.82) is 0 Å². The van der Waals surface area contributed by atoms with Gasteiger partial charge in [-0.2, -0.15) is 0 Å². The van der Waals surface area contributed by atoms with Crippen molar-refractivity contribution in [1.82, 2.24) is 4.90 Å². The van der Waals surface area contributed by atoms with Crippen LogP contribution in [0.25, 0.3) is 0 Å². The minimum Gasteiger partial charge on any atom is -0.466 e. The average Bonchev–Trinajstić information content (AvgIpc) is 2.77. The van der Waals surface area contributed by atoms with Crippen molar-refractivity contribution in [3.63, 3.8) is 0 Å². The lowest BCUT2D eigenvalue weighted by molar-refractivity contribution is -0.142. The first-order chi connectivity index (χ1) is 11.2. The minimum atomic E-state index is -0.0255. The predicted octanol–water partition coefficient (Wildman–Crippen LogP) is 5.57. The van der Waals surface area contributed by atoms with E-state index in [1.54, 1.807) is 0 Å². The Morgan fingerprint density at radius 1 is 0.826 bits per heavy atom. The fraction of sp³-hybridized carbons (Fsp3) is 0.950. The van der Waals surface area contributed by atoms with Crippen molar-refractivity contribution < 1.29 is 9.53 Å². The van der Waals surface area contributed by atoms with Gasteiger partial charge in [0.05, 0.1) is 6.61 Å². The highest BCUT2D eigenvalue weighted by molar-refractivity contribution is 5.69. The summed E-state index contributed by atoms with van der Waals surface area (Å²) in [6.45, 7) is 4.18. The van der Waals surface area contributed by atoms with Crippen LogP contribution < -0.4 is 0 Å². The number of unbranched alkanes of at least 4 members (excludes halogenated alkanes) is 9. The quantitative estimate of drug-likeness (QED) is 0.367. The molecule has 0 saturated carbocycles. The molecule has 0 aromatic rings. The highest BCUT2D eigenvalue weighted by atomic mass is 16.5. The van der Waals surface area contributed by atoms with Gasteiger partial charge in [-0.05, 0) is 46.3 Å². The molecule has 0 aromatic heterocycles. The second kappa shape index (κ2) is 17.8. The summed E-state index contributed by atoms with van der Waals surface area (Å²) >= 11 is 0. The Morgan fingerprint density at radius 2 is 1.39 bits per heavy atom. The Morgan fingerprint density at radius 3 is 1.96 bits per heavy atom. The molecule has 1 aliphatic rings. The zero-order valence-corrected chi connectivity index (χ0v) is 16.1. The Kier molecular flexibility index (Phi) is 17.3. The fourth-order valence-electron chi connectivity index (χ4n) is 2.72. The number of ether oxygens (including phenoxy) is 1. The molecule has 0 N–H and O–H groups in total. The van der Waals surface area contributed by atoms with Gasteiger partial charge in [0, 0.05) is 6.42 Å². The molecule has 0 amide bonds. The van der Waals surface area contributed by atoms with Gasteiger partial charge >= 0.3 is 5.97 Å². The van der Waals surface area contributed by atoms with Crippen molar-refractivity contribution in [2.45, 2.75) is 96.8 Å². The van der Waals surface area contributed by atoms with Gasteiger partial charge < -0.3 is 9.64 Å². The SMILES string of the molecule is CCCCCCCCCCCCN(C)C.O=C1CCCCCO1. The van der Waals surface area contributed by atoms with Crippen LogP contribution in [0.5, 0.6) is 0 Å². The molecule has 3 nitrogen and oxygen atoms in total. The van der Waals surface area contributed by atoms with E-state index in [0.717, 1.165) is 19.3 Å². The van der Waals surface area contributed by atoms with Gasteiger partial charge in [0.1, 0.15) is 0 Å². The number of carbonyl (C=O) groups is 1. The maximum Gasteiger partial charge on any atom is 0.305 e. The highest BCUT2D eigenvalue weighted by Crippen LogP contribution is 2.10. The van der Waals surface area contributed by atoms with Crippen LogP contribution in [0.2, 0.25) is 0 Å². The number of hydrogen-bond acceptors (Lipinski definition) is 3. The Hall–Kier alpha value is -0.570. The van der Waals surface area contributed by atoms with Crippen LogP contribution in [0, 0.1) is 0 Å².